The summed E-state index contributed by atoms with van der Waals surface area (Å²) in [7, 11) is 0. The first-order chi connectivity index (χ1) is 8.75. The number of nitrogens with zero attached hydrogens (tertiary/aromatic N) is 1. The zero-order valence-corrected chi connectivity index (χ0v) is 11.5. The van der Waals surface area contributed by atoms with Crippen molar-refractivity contribution in [3.05, 3.63) is 29.8 Å². The van der Waals surface area contributed by atoms with Gasteiger partial charge in [0.2, 0.25) is 0 Å². The van der Waals surface area contributed by atoms with Gasteiger partial charge in [-0.1, -0.05) is 26.0 Å². The molecule has 0 bridgehead atoms. The van der Waals surface area contributed by atoms with Crippen LogP contribution in [0.25, 0.3) is 0 Å². The molecular weight excluding hydrogens is 224 g/mol. The van der Waals surface area contributed by atoms with Crippen LogP contribution < -0.4 is 10.1 Å². The lowest BCUT2D eigenvalue weighted by Gasteiger charge is -2.26. The largest absolute Gasteiger partial charge is 0.492 e. The smallest absolute Gasteiger partial charge is 0.119 e. The van der Waals surface area contributed by atoms with E-state index in [2.05, 4.69) is 42.3 Å². The maximum absolute atomic E-state index is 5.84. The fourth-order valence-electron chi connectivity index (χ4n) is 2.19. The molecule has 1 fully saturated rings. The van der Waals surface area contributed by atoms with Gasteiger partial charge in [0.05, 0.1) is 0 Å². The zero-order chi connectivity index (χ0) is 12.8. The lowest BCUT2D eigenvalue weighted by molar-refractivity contribution is 0.191. The van der Waals surface area contributed by atoms with Crippen molar-refractivity contribution in [1.29, 1.82) is 0 Å². The van der Waals surface area contributed by atoms with E-state index >= 15 is 0 Å². The normalized spacial score (nSPS) is 17.1. The molecule has 3 nitrogen and oxygen atoms in total. The molecule has 0 atom stereocenters. The van der Waals surface area contributed by atoms with E-state index in [1.807, 2.05) is 6.07 Å². The lowest BCUT2D eigenvalue weighted by Crippen LogP contribution is -2.44. The predicted molar refractivity (Wildman–Crippen MR) is 75.3 cm³/mol. The third kappa shape index (κ3) is 4.00. The van der Waals surface area contributed by atoms with Gasteiger partial charge in [-0.2, -0.15) is 0 Å². The van der Waals surface area contributed by atoms with E-state index < -0.39 is 0 Å². The quantitative estimate of drug-likeness (QED) is 0.863. The summed E-state index contributed by atoms with van der Waals surface area (Å²) >= 11 is 0. The second kappa shape index (κ2) is 6.76. The van der Waals surface area contributed by atoms with Crippen molar-refractivity contribution in [2.75, 3.05) is 39.3 Å². The molecule has 0 aliphatic carbocycles. The Bertz CT molecular complexity index is 359. The van der Waals surface area contributed by atoms with Gasteiger partial charge in [-0.3, -0.25) is 4.90 Å². The topological polar surface area (TPSA) is 24.5 Å². The van der Waals surface area contributed by atoms with Crippen molar-refractivity contribution < 1.29 is 4.74 Å². The summed E-state index contributed by atoms with van der Waals surface area (Å²) in [5.41, 5.74) is 1.34. The summed E-state index contributed by atoms with van der Waals surface area (Å²) in [6, 6.07) is 8.44. The van der Waals surface area contributed by atoms with Crippen LogP contribution in [0.4, 0.5) is 0 Å². The van der Waals surface area contributed by atoms with Gasteiger partial charge >= 0.3 is 0 Å². The summed E-state index contributed by atoms with van der Waals surface area (Å²) in [6.07, 6.45) is 0. The van der Waals surface area contributed by atoms with E-state index in [4.69, 9.17) is 4.74 Å². The molecule has 0 amide bonds. The second-order valence-corrected chi connectivity index (χ2v) is 5.17. The first-order valence-electron chi connectivity index (χ1n) is 6.91. The summed E-state index contributed by atoms with van der Waals surface area (Å²) in [4.78, 5) is 2.45. The van der Waals surface area contributed by atoms with Crippen molar-refractivity contribution in [1.82, 2.24) is 10.2 Å². The van der Waals surface area contributed by atoms with Gasteiger partial charge in [0.1, 0.15) is 12.4 Å². The van der Waals surface area contributed by atoms with Crippen LogP contribution in [0.1, 0.15) is 25.3 Å². The van der Waals surface area contributed by atoms with E-state index in [9.17, 15) is 0 Å². The minimum atomic E-state index is 0.557. The van der Waals surface area contributed by atoms with Crippen molar-refractivity contribution in [2.45, 2.75) is 19.8 Å². The van der Waals surface area contributed by atoms with E-state index in [1.54, 1.807) is 0 Å². The van der Waals surface area contributed by atoms with E-state index in [1.165, 1.54) is 5.56 Å². The van der Waals surface area contributed by atoms with Crippen LogP contribution in [-0.2, 0) is 0 Å². The van der Waals surface area contributed by atoms with Gasteiger partial charge in [0.25, 0.3) is 0 Å². The highest BCUT2D eigenvalue weighted by Crippen LogP contribution is 2.19. The SMILES string of the molecule is CC(C)c1cccc(OCCN2CCNCC2)c1. The van der Waals surface area contributed by atoms with Gasteiger partial charge in [-0.25, -0.2) is 0 Å². The third-order valence-corrected chi connectivity index (χ3v) is 3.41. The van der Waals surface area contributed by atoms with Crippen LogP contribution in [-0.4, -0.2) is 44.2 Å². The van der Waals surface area contributed by atoms with Gasteiger partial charge in [-0.05, 0) is 23.6 Å². The summed E-state index contributed by atoms with van der Waals surface area (Å²) < 4.78 is 5.84. The molecule has 1 aliphatic rings. The molecule has 2 rings (SSSR count). The van der Waals surface area contributed by atoms with Crippen LogP contribution in [0.3, 0.4) is 0 Å². The number of ether oxygens (including phenoxy) is 1. The third-order valence-electron chi connectivity index (χ3n) is 3.41. The lowest BCUT2D eigenvalue weighted by atomic mass is 10.0. The molecule has 100 valence electrons. The molecular formula is C15H24N2O. The molecule has 0 aromatic heterocycles. The average Bonchev–Trinajstić information content (AvgIpc) is 2.40. The maximum Gasteiger partial charge on any atom is 0.119 e. The Labute approximate surface area is 110 Å². The highest BCUT2D eigenvalue weighted by Gasteiger charge is 2.09. The number of piperazine rings is 1. The molecule has 0 radical (unpaired) electrons. The Morgan fingerprint density at radius 3 is 2.78 bits per heavy atom. The van der Waals surface area contributed by atoms with Crippen LogP contribution in [0.15, 0.2) is 24.3 Å². The summed E-state index contributed by atoms with van der Waals surface area (Å²) in [5, 5.41) is 3.36. The number of hydrogen-bond donors (Lipinski definition) is 1. The maximum atomic E-state index is 5.84. The zero-order valence-electron chi connectivity index (χ0n) is 11.5. The molecule has 1 heterocycles. The van der Waals surface area contributed by atoms with Crippen LogP contribution in [0.5, 0.6) is 5.75 Å². The Morgan fingerprint density at radius 1 is 1.28 bits per heavy atom. The Kier molecular flexibility index (Phi) is 5.02. The minimum Gasteiger partial charge on any atom is -0.492 e. The first kappa shape index (κ1) is 13.4. The molecule has 1 aromatic carbocycles. The fourth-order valence-corrected chi connectivity index (χ4v) is 2.19. The molecule has 1 N–H and O–H groups in total. The number of hydrogen-bond acceptors (Lipinski definition) is 3. The second-order valence-electron chi connectivity index (χ2n) is 5.17. The van der Waals surface area contributed by atoms with Gasteiger partial charge in [-0.15, -0.1) is 0 Å². The van der Waals surface area contributed by atoms with Gasteiger partial charge in [0.15, 0.2) is 0 Å². The molecule has 0 spiro atoms. The van der Waals surface area contributed by atoms with E-state index in [0.29, 0.717) is 5.92 Å². The van der Waals surface area contributed by atoms with Crippen molar-refractivity contribution in [3.8, 4) is 5.75 Å². The van der Waals surface area contributed by atoms with Gasteiger partial charge in [0, 0.05) is 32.7 Å². The molecule has 18 heavy (non-hydrogen) atoms. The Morgan fingerprint density at radius 2 is 2.06 bits per heavy atom. The highest BCUT2D eigenvalue weighted by molar-refractivity contribution is 5.30. The fraction of sp³-hybridized carbons (Fsp3) is 0.600. The Balaban J connectivity index is 1.77. The average molecular weight is 248 g/mol. The molecule has 1 saturated heterocycles. The minimum absolute atomic E-state index is 0.557. The van der Waals surface area contributed by atoms with Crippen LogP contribution in [0, 0.1) is 0 Å². The van der Waals surface area contributed by atoms with E-state index in [-0.39, 0.29) is 0 Å². The molecule has 1 aromatic rings. The molecule has 0 unspecified atom stereocenters. The highest BCUT2D eigenvalue weighted by atomic mass is 16.5. The van der Waals surface area contributed by atoms with Crippen molar-refractivity contribution >= 4 is 0 Å². The van der Waals surface area contributed by atoms with Crippen molar-refractivity contribution in [2.24, 2.45) is 0 Å². The molecule has 1 aliphatic heterocycles. The van der Waals surface area contributed by atoms with Crippen molar-refractivity contribution in [3.63, 3.8) is 0 Å². The molecule has 0 saturated carbocycles. The molecule has 3 heteroatoms. The number of benzene rings is 1. The Hall–Kier alpha value is -1.06. The monoisotopic (exact) mass is 248 g/mol. The summed E-state index contributed by atoms with van der Waals surface area (Å²) in [5.74, 6) is 1.55. The number of nitrogens with one attached hydrogen (secondary N) is 1. The number of rotatable bonds is 5. The first-order valence-corrected chi connectivity index (χ1v) is 6.91. The van der Waals surface area contributed by atoms with E-state index in [0.717, 1.165) is 45.1 Å². The predicted octanol–water partition coefficient (Wildman–Crippen LogP) is 2.09. The summed E-state index contributed by atoms with van der Waals surface area (Å²) in [6.45, 7) is 10.7. The van der Waals surface area contributed by atoms with Gasteiger partial charge < -0.3 is 10.1 Å². The standard InChI is InChI=1S/C15H24N2O/c1-13(2)14-4-3-5-15(12-14)18-11-10-17-8-6-16-7-9-17/h3-5,12-13,16H,6-11H2,1-2H3. The van der Waals surface area contributed by atoms with Crippen LogP contribution >= 0.6 is 0 Å². The van der Waals surface area contributed by atoms with Crippen LogP contribution in [0.2, 0.25) is 0 Å².